The molecule has 0 saturated carbocycles. The summed E-state index contributed by atoms with van der Waals surface area (Å²) in [5, 5.41) is 0.726. The van der Waals surface area contributed by atoms with Crippen molar-refractivity contribution in [3.8, 4) is 5.75 Å². The summed E-state index contributed by atoms with van der Waals surface area (Å²) in [5.41, 5.74) is 4.21. The first kappa shape index (κ1) is 19.3. The Labute approximate surface area is 164 Å². The van der Waals surface area contributed by atoms with Crippen LogP contribution in [0.1, 0.15) is 30.3 Å². The van der Waals surface area contributed by atoms with Crippen LogP contribution in [0.5, 0.6) is 5.75 Å². The predicted molar refractivity (Wildman–Crippen MR) is 113 cm³/mol. The van der Waals surface area contributed by atoms with E-state index in [2.05, 4.69) is 31.4 Å². The molecule has 0 atom stereocenters. The number of hydrogen-bond acceptors (Lipinski definition) is 4. The number of nitrogens with zero attached hydrogens (tertiary/aromatic N) is 3. The summed E-state index contributed by atoms with van der Waals surface area (Å²) in [4.78, 5) is 20.1. The van der Waals surface area contributed by atoms with Crippen LogP contribution >= 0.6 is 11.8 Å². The van der Waals surface area contributed by atoms with E-state index in [1.54, 1.807) is 12.0 Å². The van der Waals surface area contributed by atoms with Gasteiger partial charge in [0.05, 0.1) is 17.7 Å². The van der Waals surface area contributed by atoms with E-state index in [-0.39, 0.29) is 5.91 Å². The third-order valence-electron chi connectivity index (χ3n) is 4.73. The van der Waals surface area contributed by atoms with Gasteiger partial charge >= 0.3 is 0 Å². The van der Waals surface area contributed by atoms with E-state index in [1.807, 2.05) is 37.4 Å². The molecule has 5 nitrogen and oxygen atoms in total. The summed E-state index contributed by atoms with van der Waals surface area (Å²) in [6.07, 6.45) is 2.86. The van der Waals surface area contributed by atoms with Crippen LogP contribution in [0.2, 0.25) is 0 Å². The number of carbonyl (C=O) groups is 1. The lowest BCUT2D eigenvalue weighted by Crippen LogP contribution is -2.29. The second-order valence-corrected chi connectivity index (χ2v) is 7.55. The molecule has 1 saturated heterocycles. The quantitative estimate of drug-likeness (QED) is 0.705. The number of thioether (sulfide) groups is 1. The topological polar surface area (TPSA) is 46.8 Å². The van der Waals surface area contributed by atoms with Gasteiger partial charge in [-0.25, -0.2) is 4.99 Å². The van der Waals surface area contributed by atoms with E-state index in [0.29, 0.717) is 11.4 Å². The monoisotopic (exact) mass is 383 g/mol. The molecular formula is C21H25N3O2S. The van der Waals surface area contributed by atoms with Crippen LogP contribution in [-0.2, 0) is 11.8 Å². The van der Waals surface area contributed by atoms with Crippen molar-refractivity contribution in [1.29, 1.82) is 0 Å². The van der Waals surface area contributed by atoms with Crippen molar-refractivity contribution < 1.29 is 9.53 Å². The minimum Gasteiger partial charge on any atom is -0.497 e. The lowest BCUT2D eigenvalue weighted by Gasteiger charge is -2.14. The van der Waals surface area contributed by atoms with Gasteiger partial charge in [-0.3, -0.25) is 9.69 Å². The first-order chi connectivity index (χ1) is 12.9. The van der Waals surface area contributed by atoms with Crippen LogP contribution in [0.25, 0.3) is 6.08 Å². The molecule has 2 heterocycles. The molecular weight excluding hydrogens is 358 g/mol. The highest BCUT2D eigenvalue weighted by Gasteiger charge is 2.33. The van der Waals surface area contributed by atoms with Gasteiger partial charge in [0.1, 0.15) is 5.75 Å². The van der Waals surface area contributed by atoms with E-state index in [0.717, 1.165) is 34.3 Å². The first-order valence-corrected chi connectivity index (χ1v) is 9.83. The van der Waals surface area contributed by atoms with Gasteiger partial charge in [-0.2, -0.15) is 0 Å². The lowest BCUT2D eigenvalue weighted by molar-refractivity contribution is -0.122. The number of rotatable bonds is 5. The summed E-state index contributed by atoms with van der Waals surface area (Å²) in [6.45, 7) is 6.86. The van der Waals surface area contributed by atoms with Crippen molar-refractivity contribution in [2.45, 2.75) is 27.2 Å². The van der Waals surface area contributed by atoms with Crippen LogP contribution in [0.3, 0.4) is 0 Å². The number of amides is 1. The highest BCUT2D eigenvalue weighted by atomic mass is 32.2. The van der Waals surface area contributed by atoms with E-state index < -0.39 is 0 Å². The maximum Gasteiger partial charge on any atom is 0.266 e. The molecule has 3 rings (SSSR count). The third-order valence-corrected chi connectivity index (χ3v) is 5.74. The maximum absolute atomic E-state index is 12.9. The molecule has 6 heteroatoms. The Morgan fingerprint density at radius 3 is 2.48 bits per heavy atom. The van der Waals surface area contributed by atoms with Crippen LogP contribution in [0.4, 0.5) is 5.69 Å². The van der Waals surface area contributed by atoms with Gasteiger partial charge in [0.2, 0.25) is 0 Å². The average Bonchev–Trinajstić information content (AvgIpc) is 3.08. The van der Waals surface area contributed by atoms with Crippen molar-refractivity contribution in [2.24, 2.45) is 12.0 Å². The number of aliphatic imine (C=N–C) groups is 1. The molecule has 0 N–H and O–H groups in total. The number of methoxy groups -OCH3 is 1. The summed E-state index contributed by atoms with van der Waals surface area (Å²) in [7, 11) is 3.68. The van der Waals surface area contributed by atoms with Gasteiger partial charge in [-0.05, 0) is 74.0 Å². The smallest absolute Gasteiger partial charge is 0.266 e. The standard InChI is InChI=1S/C21H25N3O2S/c1-6-11-24-20(25)19(13-16-12-14(2)23(4)15(16)3)27-21(24)22-17-7-9-18(26-5)10-8-17/h7-10,12-13H,6,11H2,1-5H3/b19-13-,22-21?. The van der Waals surface area contributed by atoms with Crippen LogP contribution in [0, 0.1) is 13.8 Å². The molecule has 1 fully saturated rings. The predicted octanol–water partition coefficient (Wildman–Crippen LogP) is 4.66. The minimum absolute atomic E-state index is 0.0232. The van der Waals surface area contributed by atoms with E-state index in [9.17, 15) is 4.79 Å². The summed E-state index contributed by atoms with van der Waals surface area (Å²) >= 11 is 1.44. The number of amidine groups is 1. The van der Waals surface area contributed by atoms with Crippen molar-refractivity contribution in [3.63, 3.8) is 0 Å². The summed E-state index contributed by atoms with van der Waals surface area (Å²) in [6, 6.07) is 9.65. The molecule has 1 aliphatic heterocycles. The Hall–Kier alpha value is -2.47. The molecule has 1 aromatic heterocycles. The first-order valence-electron chi connectivity index (χ1n) is 9.01. The Morgan fingerprint density at radius 1 is 1.22 bits per heavy atom. The van der Waals surface area contributed by atoms with Gasteiger partial charge in [0.15, 0.2) is 5.17 Å². The van der Waals surface area contributed by atoms with Crippen LogP contribution < -0.4 is 4.74 Å². The molecule has 2 aromatic rings. The maximum atomic E-state index is 12.9. The third kappa shape index (κ3) is 3.95. The van der Waals surface area contributed by atoms with Gasteiger partial charge < -0.3 is 9.30 Å². The van der Waals surface area contributed by atoms with Gasteiger partial charge in [-0.15, -0.1) is 0 Å². The molecule has 0 bridgehead atoms. The molecule has 142 valence electrons. The van der Waals surface area contributed by atoms with Crippen molar-refractivity contribution in [1.82, 2.24) is 9.47 Å². The van der Waals surface area contributed by atoms with Crippen LogP contribution in [-0.4, -0.2) is 34.2 Å². The number of ether oxygens (including phenoxy) is 1. The zero-order valence-electron chi connectivity index (χ0n) is 16.4. The van der Waals surface area contributed by atoms with Crippen molar-refractivity contribution in [2.75, 3.05) is 13.7 Å². The van der Waals surface area contributed by atoms with Crippen molar-refractivity contribution >= 4 is 34.6 Å². The zero-order chi connectivity index (χ0) is 19.6. The van der Waals surface area contributed by atoms with E-state index in [1.165, 1.54) is 17.5 Å². The molecule has 0 radical (unpaired) electrons. The van der Waals surface area contributed by atoms with E-state index in [4.69, 9.17) is 9.73 Å². The number of hydrogen-bond donors (Lipinski definition) is 0. The minimum atomic E-state index is 0.0232. The molecule has 1 amide bonds. The number of aryl methyl sites for hydroxylation is 1. The fourth-order valence-electron chi connectivity index (χ4n) is 2.95. The fraction of sp³-hybridized carbons (Fsp3) is 0.333. The Balaban J connectivity index is 1.94. The SMILES string of the molecule is CCCN1C(=O)/C(=C/c2cc(C)n(C)c2C)SC1=Nc1ccc(OC)cc1. The highest BCUT2D eigenvalue weighted by Crippen LogP contribution is 2.35. The summed E-state index contributed by atoms with van der Waals surface area (Å²) in [5.74, 6) is 0.810. The number of aromatic nitrogens is 1. The second kappa shape index (κ2) is 8.05. The highest BCUT2D eigenvalue weighted by molar-refractivity contribution is 8.18. The Kier molecular flexibility index (Phi) is 5.75. The molecule has 0 aliphatic carbocycles. The van der Waals surface area contributed by atoms with E-state index >= 15 is 0 Å². The lowest BCUT2D eigenvalue weighted by atomic mass is 10.2. The molecule has 1 aromatic carbocycles. The number of carbonyl (C=O) groups excluding carboxylic acids is 1. The molecule has 1 aliphatic rings. The molecule has 0 unspecified atom stereocenters. The zero-order valence-corrected chi connectivity index (χ0v) is 17.3. The largest absolute Gasteiger partial charge is 0.497 e. The van der Waals surface area contributed by atoms with Crippen molar-refractivity contribution in [3.05, 3.63) is 52.2 Å². The summed E-state index contributed by atoms with van der Waals surface area (Å²) < 4.78 is 7.32. The molecule has 27 heavy (non-hydrogen) atoms. The average molecular weight is 384 g/mol. The van der Waals surface area contributed by atoms with Gasteiger partial charge in [0.25, 0.3) is 5.91 Å². The van der Waals surface area contributed by atoms with Gasteiger partial charge in [0, 0.05) is 25.0 Å². The Morgan fingerprint density at radius 2 is 1.93 bits per heavy atom. The molecule has 0 spiro atoms. The number of benzene rings is 1. The Bertz CT molecular complexity index is 910. The normalized spacial score (nSPS) is 17.4. The van der Waals surface area contributed by atoms with Gasteiger partial charge in [-0.1, -0.05) is 6.92 Å². The second-order valence-electron chi connectivity index (χ2n) is 6.55. The van der Waals surface area contributed by atoms with Crippen LogP contribution in [0.15, 0.2) is 40.2 Å². The fourth-order valence-corrected chi connectivity index (χ4v) is 3.97.